The van der Waals surface area contributed by atoms with Crippen LogP contribution in [0.25, 0.3) is 0 Å². The summed E-state index contributed by atoms with van der Waals surface area (Å²) in [4.78, 5) is 0. The van der Waals surface area contributed by atoms with Crippen molar-refractivity contribution in [1.29, 1.82) is 0 Å². The molecule has 1 fully saturated rings. The zero-order valence-electron chi connectivity index (χ0n) is 7.31. The van der Waals surface area contributed by atoms with Crippen molar-refractivity contribution >= 4 is 12.6 Å². The second-order valence-corrected chi connectivity index (χ2v) is 3.88. The Morgan fingerprint density at radius 1 is 1.45 bits per heavy atom. The Balaban J connectivity index is 1.94. The lowest BCUT2D eigenvalue weighted by atomic mass is 10.2. The average Bonchev–Trinajstić information content (AvgIpc) is 2.80. The molecule has 1 aliphatic rings. The molecular weight excluding hydrogens is 156 g/mol. The van der Waals surface area contributed by atoms with Crippen LogP contribution < -0.4 is 0 Å². The first kappa shape index (κ1) is 9.40. The van der Waals surface area contributed by atoms with E-state index in [2.05, 4.69) is 19.6 Å². The van der Waals surface area contributed by atoms with Crippen LogP contribution in [0.2, 0.25) is 0 Å². The quantitative estimate of drug-likeness (QED) is 0.481. The van der Waals surface area contributed by atoms with E-state index in [0.717, 1.165) is 19.0 Å². The maximum atomic E-state index is 5.54. The monoisotopic (exact) mass is 174 g/mol. The smallest absolute Gasteiger partial charge is 0.0530 e. The van der Waals surface area contributed by atoms with Crippen molar-refractivity contribution < 1.29 is 4.74 Å². The van der Waals surface area contributed by atoms with Gasteiger partial charge in [0.2, 0.25) is 0 Å². The number of hydrogen-bond acceptors (Lipinski definition) is 2. The van der Waals surface area contributed by atoms with Gasteiger partial charge >= 0.3 is 0 Å². The molecule has 0 N–H and O–H groups in total. The third kappa shape index (κ3) is 3.04. The summed E-state index contributed by atoms with van der Waals surface area (Å²) in [5.74, 6) is 0.999. The third-order valence-corrected chi connectivity index (χ3v) is 3.01. The van der Waals surface area contributed by atoms with Crippen LogP contribution in [0.5, 0.6) is 0 Å². The van der Waals surface area contributed by atoms with E-state index in [0.29, 0.717) is 5.41 Å². The second-order valence-electron chi connectivity index (χ2n) is 3.56. The van der Waals surface area contributed by atoms with Crippen LogP contribution in [0.4, 0.5) is 0 Å². The van der Waals surface area contributed by atoms with E-state index in [9.17, 15) is 0 Å². The van der Waals surface area contributed by atoms with Crippen molar-refractivity contribution in [3.63, 3.8) is 0 Å². The lowest BCUT2D eigenvalue weighted by Gasteiger charge is -2.11. The van der Waals surface area contributed by atoms with Gasteiger partial charge in [0.15, 0.2) is 0 Å². The topological polar surface area (TPSA) is 9.23 Å². The second kappa shape index (κ2) is 4.36. The predicted octanol–water partition coefficient (Wildman–Crippen LogP) is 2.51. The molecule has 0 amide bonds. The number of rotatable bonds is 6. The molecule has 0 heterocycles. The molecule has 0 atom stereocenters. The fraction of sp³-hybridized carbons (Fsp3) is 1.00. The lowest BCUT2D eigenvalue weighted by Crippen LogP contribution is -2.12. The summed E-state index contributed by atoms with van der Waals surface area (Å²) in [6.07, 6.45) is 5.07. The molecule has 0 aliphatic heterocycles. The van der Waals surface area contributed by atoms with E-state index in [1.54, 1.807) is 0 Å². The maximum absolute atomic E-state index is 5.54. The molecule has 11 heavy (non-hydrogen) atoms. The Morgan fingerprint density at radius 3 is 2.64 bits per heavy atom. The predicted molar refractivity (Wildman–Crippen MR) is 51.2 cm³/mol. The molecule has 0 aromatic carbocycles. The van der Waals surface area contributed by atoms with Crippen LogP contribution in [-0.4, -0.2) is 19.0 Å². The van der Waals surface area contributed by atoms with Crippen LogP contribution in [0.1, 0.15) is 32.6 Å². The first-order chi connectivity index (χ1) is 5.33. The summed E-state index contributed by atoms with van der Waals surface area (Å²) in [5, 5.41) is 0. The Hall–Kier alpha value is 0.310. The molecule has 2 heteroatoms. The molecule has 66 valence electrons. The van der Waals surface area contributed by atoms with Gasteiger partial charge in [-0.15, -0.1) is 0 Å². The van der Waals surface area contributed by atoms with Gasteiger partial charge in [-0.3, -0.25) is 0 Å². The molecule has 0 aromatic rings. The van der Waals surface area contributed by atoms with E-state index in [1.807, 2.05) is 0 Å². The fourth-order valence-corrected chi connectivity index (χ4v) is 1.47. The number of hydrogen-bond donors (Lipinski definition) is 1. The molecule has 0 radical (unpaired) electrons. The van der Waals surface area contributed by atoms with Gasteiger partial charge in [-0.1, -0.05) is 13.3 Å². The molecule has 1 nitrogen and oxygen atoms in total. The van der Waals surface area contributed by atoms with Gasteiger partial charge in [-0.25, -0.2) is 0 Å². The minimum Gasteiger partial charge on any atom is -0.381 e. The standard InChI is InChI=1S/C9H18OS/c1-2-3-6-10-7-9(8-11)4-5-9/h11H,2-8H2,1H3. The van der Waals surface area contributed by atoms with E-state index >= 15 is 0 Å². The first-order valence-electron chi connectivity index (χ1n) is 4.51. The zero-order valence-corrected chi connectivity index (χ0v) is 8.20. The average molecular weight is 174 g/mol. The van der Waals surface area contributed by atoms with Gasteiger partial charge in [-0.05, 0) is 25.0 Å². The Labute approximate surface area is 74.9 Å². The van der Waals surface area contributed by atoms with Crippen LogP contribution in [0, 0.1) is 5.41 Å². The van der Waals surface area contributed by atoms with Gasteiger partial charge < -0.3 is 4.74 Å². The van der Waals surface area contributed by atoms with Gasteiger partial charge in [0, 0.05) is 12.0 Å². The molecule has 1 rings (SSSR count). The van der Waals surface area contributed by atoms with E-state index in [1.165, 1.54) is 25.7 Å². The highest BCUT2D eigenvalue weighted by molar-refractivity contribution is 7.80. The highest BCUT2D eigenvalue weighted by Gasteiger charge is 2.41. The summed E-state index contributed by atoms with van der Waals surface area (Å²) in [6.45, 7) is 4.07. The van der Waals surface area contributed by atoms with Crippen LogP contribution >= 0.6 is 12.6 Å². The highest BCUT2D eigenvalue weighted by Crippen LogP contribution is 2.46. The SMILES string of the molecule is CCCCOCC1(CS)CC1. The molecular formula is C9H18OS. The third-order valence-electron chi connectivity index (χ3n) is 2.34. The van der Waals surface area contributed by atoms with Gasteiger partial charge in [0.25, 0.3) is 0 Å². The Bertz CT molecular complexity index is 110. The van der Waals surface area contributed by atoms with E-state index in [4.69, 9.17) is 4.74 Å². The largest absolute Gasteiger partial charge is 0.381 e. The minimum absolute atomic E-state index is 0.483. The summed E-state index contributed by atoms with van der Waals surface area (Å²) in [7, 11) is 0. The van der Waals surface area contributed by atoms with Gasteiger partial charge in [0.1, 0.15) is 0 Å². The molecule has 0 aromatic heterocycles. The normalized spacial score (nSPS) is 20.2. The van der Waals surface area contributed by atoms with Crippen molar-refractivity contribution in [1.82, 2.24) is 0 Å². The summed E-state index contributed by atoms with van der Waals surface area (Å²) in [6, 6.07) is 0. The molecule has 1 aliphatic carbocycles. The van der Waals surface area contributed by atoms with Crippen LogP contribution in [0.3, 0.4) is 0 Å². The zero-order chi connectivity index (χ0) is 8.16. The van der Waals surface area contributed by atoms with Crippen molar-refractivity contribution in [2.75, 3.05) is 19.0 Å². The lowest BCUT2D eigenvalue weighted by molar-refractivity contribution is 0.0959. The number of ether oxygens (including phenoxy) is 1. The van der Waals surface area contributed by atoms with Crippen LogP contribution in [-0.2, 0) is 4.74 Å². The molecule has 0 saturated heterocycles. The summed E-state index contributed by atoms with van der Waals surface area (Å²) >= 11 is 4.31. The van der Waals surface area contributed by atoms with Gasteiger partial charge in [-0.2, -0.15) is 12.6 Å². The summed E-state index contributed by atoms with van der Waals surface area (Å²) in [5.41, 5.74) is 0.483. The van der Waals surface area contributed by atoms with Crippen molar-refractivity contribution in [2.24, 2.45) is 5.41 Å². The maximum Gasteiger partial charge on any atom is 0.0530 e. The van der Waals surface area contributed by atoms with E-state index < -0.39 is 0 Å². The Morgan fingerprint density at radius 2 is 2.18 bits per heavy atom. The van der Waals surface area contributed by atoms with Crippen LogP contribution in [0.15, 0.2) is 0 Å². The van der Waals surface area contributed by atoms with E-state index in [-0.39, 0.29) is 0 Å². The van der Waals surface area contributed by atoms with Crippen molar-refractivity contribution in [3.05, 3.63) is 0 Å². The van der Waals surface area contributed by atoms with Crippen molar-refractivity contribution in [2.45, 2.75) is 32.6 Å². The number of thiol groups is 1. The van der Waals surface area contributed by atoms with Crippen molar-refractivity contribution in [3.8, 4) is 0 Å². The van der Waals surface area contributed by atoms with Gasteiger partial charge in [0.05, 0.1) is 6.61 Å². The molecule has 0 unspecified atom stereocenters. The minimum atomic E-state index is 0.483. The first-order valence-corrected chi connectivity index (χ1v) is 5.15. The molecule has 0 bridgehead atoms. The number of unbranched alkanes of at least 4 members (excludes halogenated alkanes) is 1. The Kier molecular flexibility index (Phi) is 3.73. The molecule has 1 saturated carbocycles. The molecule has 0 spiro atoms. The summed E-state index contributed by atoms with van der Waals surface area (Å²) < 4.78 is 5.54. The fourth-order valence-electron chi connectivity index (χ4n) is 1.06. The highest BCUT2D eigenvalue weighted by atomic mass is 32.1.